The molecule has 0 bridgehead atoms. The average molecular weight is 379 g/mol. The fourth-order valence-electron chi connectivity index (χ4n) is 3.25. The van der Waals surface area contributed by atoms with E-state index in [2.05, 4.69) is 10.3 Å². The quantitative estimate of drug-likeness (QED) is 0.671. The van der Waals surface area contributed by atoms with Gasteiger partial charge < -0.3 is 19.9 Å². The van der Waals surface area contributed by atoms with Crippen LogP contribution >= 0.6 is 0 Å². The molecule has 6 nitrogen and oxygen atoms in total. The first kappa shape index (κ1) is 19.5. The second-order valence-electron chi connectivity index (χ2n) is 6.76. The highest BCUT2D eigenvalue weighted by Gasteiger charge is 2.17. The molecule has 3 rings (SSSR count). The van der Waals surface area contributed by atoms with Crippen LogP contribution in [0.1, 0.15) is 24.5 Å². The number of benzene rings is 2. The lowest BCUT2D eigenvalue weighted by atomic mass is 10.1. The summed E-state index contributed by atoms with van der Waals surface area (Å²) in [5.74, 6) is 0.608. The van der Waals surface area contributed by atoms with Crippen LogP contribution in [0, 0.1) is 6.92 Å². The molecule has 2 aromatic carbocycles. The Labute approximate surface area is 164 Å². The number of aromatic nitrogens is 1. The maximum atomic E-state index is 13.0. The minimum atomic E-state index is -0.227. The van der Waals surface area contributed by atoms with Crippen molar-refractivity contribution in [2.75, 3.05) is 19.0 Å². The maximum absolute atomic E-state index is 13.0. The smallest absolute Gasteiger partial charge is 0.322 e. The molecule has 0 spiro atoms. The van der Waals surface area contributed by atoms with Crippen LogP contribution in [0.3, 0.4) is 0 Å². The number of para-hydroxylation sites is 1. The zero-order chi connectivity index (χ0) is 20.1. The maximum Gasteiger partial charge on any atom is 0.322 e. The number of hydrogen-bond acceptors (Lipinski definition) is 3. The van der Waals surface area contributed by atoms with E-state index >= 15 is 0 Å². The van der Waals surface area contributed by atoms with E-state index in [1.165, 1.54) is 0 Å². The normalized spacial score (nSPS) is 10.7. The highest BCUT2D eigenvalue weighted by atomic mass is 16.5. The first-order valence-corrected chi connectivity index (χ1v) is 9.33. The monoisotopic (exact) mass is 379 g/mol. The third-order valence-corrected chi connectivity index (χ3v) is 4.57. The number of hydrogen-bond donors (Lipinski definition) is 2. The van der Waals surface area contributed by atoms with Crippen LogP contribution in [0.5, 0.6) is 5.75 Å². The summed E-state index contributed by atoms with van der Waals surface area (Å²) in [6.07, 6.45) is 0.805. The molecule has 0 fully saturated rings. The third-order valence-electron chi connectivity index (χ3n) is 4.57. The van der Waals surface area contributed by atoms with Crippen molar-refractivity contribution in [3.8, 4) is 5.75 Å². The standard InChI is InChI=1S/C22H25N3O3/c1-4-11-25(22(27)24-19-12-15(2)9-10-20(19)28-3)14-16-13-21(26)23-18-8-6-5-7-17(16)18/h5-10,12-13H,4,11,14H2,1-3H3,(H,23,26)(H,24,27). The van der Waals surface area contributed by atoms with Gasteiger partial charge >= 0.3 is 6.03 Å². The number of methoxy groups -OCH3 is 1. The van der Waals surface area contributed by atoms with Crippen LogP contribution in [-0.4, -0.2) is 29.6 Å². The van der Waals surface area contributed by atoms with E-state index in [1.807, 2.05) is 56.3 Å². The van der Waals surface area contributed by atoms with Gasteiger partial charge in [-0.15, -0.1) is 0 Å². The number of fused-ring (bicyclic) bond motifs is 1. The number of nitrogens with zero attached hydrogens (tertiary/aromatic N) is 1. The number of ether oxygens (including phenoxy) is 1. The Bertz CT molecular complexity index is 1040. The first-order chi connectivity index (χ1) is 13.5. The number of aromatic amines is 1. The first-order valence-electron chi connectivity index (χ1n) is 9.33. The van der Waals surface area contributed by atoms with E-state index in [-0.39, 0.29) is 11.6 Å². The summed E-state index contributed by atoms with van der Waals surface area (Å²) in [4.78, 5) is 29.6. The predicted molar refractivity (Wildman–Crippen MR) is 112 cm³/mol. The van der Waals surface area contributed by atoms with Gasteiger partial charge in [-0.25, -0.2) is 4.79 Å². The highest BCUT2D eigenvalue weighted by Crippen LogP contribution is 2.26. The molecule has 0 saturated carbocycles. The molecule has 2 N–H and O–H groups in total. The number of urea groups is 1. The summed E-state index contributed by atoms with van der Waals surface area (Å²) in [6, 6.07) is 14.6. The van der Waals surface area contributed by atoms with E-state index in [4.69, 9.17) is 4.74 Å². The second-order valence-corrected chi connectivity index (χ2v) is 6.76. The van der Waals surface area contributed by atoms with E-state index in [9.17, 15) is 9.59 Å². The van der Waals surface area contributed by atoms with Gasteiger partial charge in [-0.3, -0.25) is 4.79 Å². The highest BCUT2D eigenvalue weighted by molar-refractivity contribution is 5.91. The molecule has 0 unspecified atom stereocenters. The molecule has 28 heavy (non-hydrogen) atoms. The summed E-state index contributed by atoms with van der Waals surface area (Å²) >= 11 is 0. The fourth-order valence-corrected chi connectivity index (χ4v) is 3.25. The molecule has 0 aliphatic carbocycles. The van der Waals surface area contributed by atoms with E-state index in [0.29, 0.717) is 24.5 Å². The Kier molecular flexibility index (Phi) is 5.99. The largest absolute Gasteiger partial charge is 0.495 e. The minimum absolute atomic E-state index is 0.175. The van der Waals surface area contributed by atoms with Gasteiger partial charge in [0, 0.05) is 30.1 Å². The lowest BCUT2D eigenvalue weighted by Crippen LogP contribution is -2.35. The van der Waals surface area contributed by atoms with E-state index in [0.717, 1.165) is 28.5 Å². The Morgan fingerprint density at radius 3 is 2.71 bits per heavy atom. The van der Waals surface area contributed by atoms with Gasteiger partial charge in [0.25, 0.3) is 0 Å². The minimum Gasteiger partial charge on any atom is -0.495 e. The number of carbonyl (C=O) groups excluding carboxylic acids is 1. The summed E-state index contributed by atoms with van der Waals surface area (Å²) in [6.45, 7) is 4.89. The summed E-state index contributed by atoms with van der Waals surface area (Å²) in [7, 11) is 1.58. The lowest BCUT2D eigenvalue weighted by molar-refractivity contribution is 0.209. The molecule has 0 saturated heterocycles. The molecule has 0 radical (unpaired) electrons. The number of aryl methyl sites for hydroxylation is 1. The Morgan fingerprint density at radius 1 is 1.18 bits per heavy atom. The van der Waals surface area contributed by atoms with Gasteiger partial charge in [-0.2, -0.15) is 0 Å². The fraction of sp³-hybridized carbons (Fsp3) is 0.273. The topological polar surface area (TPSA) is 74.4 Å². The average Bonchev–Trinajstić information content (AvgIpc) is 2.67. The van der Waals surface area contributed by atoms with Crippen LogP contribution in [0.4, 0.5) is 10.5 Å². The number of anilines is 1. The van der Waals surface area contributed by atoms with Crippen molar-refractivity contribution in [1.82, 2.24) is 9.88 Å². The zero-order valence-electron chi connectivity index (χ0n) is 16.4. The Balaban J connectivity index is 1.89. The van der Waals surface area contributed by atoms with Crippen molar-refractivity contribution in [1.29, 1.82) is 0 Å². The van der Waals surface area contributed by atoms with Crippen LogP contribution < -0.4 is 15.6 Å². The molecule has 1 aromatic heterocycles. The molecule has 1 heterocycles. The lowest BCUT2D eigenvalue weighted by Gasteiger charge is -2.24. The predicted octanol–water partition coefficient (Wildman–Crippen LogP) is 4.29. The van der Waals surface area contributed by atoms with Crippen molar-refractivity contribution in [2.45, 2.75) is 26.8 Å². The number of pyridine rings is 1. The van der Waals surface area contributed by atoms with Gasteiger partial charge in [0.1, 0.15) is 5.75 Å². The molecule has 0 aliphatic heterocycles. The third kappa shape index (κ3) is 4.34. The number of carbonyl (C=O) groups is 1. The van der Waals surface area contributed by atoms with Crippen LogP contribution in [0.2, 0.25) is 0 Å². The number of amides is 2. The molecule has 0 aliphatic rings. The number of rotatable bonds is 6. The van der Waals surface area contributed by atoms with Crippen LogP contribution in [0.25, 0.3) is 10.9 Å². The van der Waals surface area contributed by atoms with Gasteiger partial charge in [-0.05, 0) is 42.7 Å². The molecule has 6 heteroatoms. The summed E-state index contributed by atoms with van der Waals surface area (Å²) in [5, 5.41) is 3.88. The van der Waals surface area contributed by atoms with Crippen molar-refractivity contribution in [2.24, 2.45) is 0 Å². The SMILES string of the molecule is CCCN(Cc1cc(=O)[nH]c2ccccc12)C(=O)Nc1cc(C)ccc1OC. The molecular formula is C22H25N3O3. The Morgan fingerprint density at radius 2 is 1.96 bits per heavy atom. The summed E-state index contributed by atoms with van der Waals surface area (Å²) in [5.41, 5.74) is 3.07. The number of H-pyrrole nitrogens is 1. The van der Waals surface area contributed by atoms with Crippen molar-refractivity contribution in [3.63, 3.8) is 0 Å². The van der Waals surface area contributed by atoms with Gasteiger partial charge in [0.05, 0.1) is 12.8 Å². The van der Waals surface area contributed by atoms with Crippen molar-refractivity contribution < 1.29 is 9.53 Å². The number of nitrogens with one attached hydrogen (secondary N) is 2. The summed E-state index contributed by atoms with van der Waals surface area (Å²) < 4.78 is 5.35. The zero-order valence-corrected chi connectivity index (χ0v) is 16.4. The molecule has 3 aromatic rings. The molecule has 2 amide bonds. The van der Waals surface area contributed by atoms with Gasteiger partial charge in [0.2, 0.25) is 5.56 Å². The van der Waals surface area contributed by atoms with Crippen molar-refractivity contribution in [3.05, 3.63) is 70.0 Å². The Hall–Kier alpha value is -3.28. The van der Waals surface area contributed by atoms with E-state index < -0.39 is 0 Å². The van der Waals surface area contributed by atoms with Crippen molar-refractivity contribution >= 4 is 22.6 Å². The molecular weight excluding hydrogens is 354 g/mol. The van der Waals surface area contributed by atoms with Crippen LogP contribution in [-0.2, 0) is 6.54 Å². The molecule has 146 valence electrons. The van der Waals surface area contributed by atoms with Gasteiger partial charge in [-0.1, -0.05) is 31.2 Å². The van der Waals surface area contributed by atoms with E-state index in [1.54, 1.807) is 18.1 Å². The van der Waals surface area contributed by atoms with Crippen LogP contribution in [0.15, 0.2) is 53.3 Å². The molecule has 0 atom stereocenters. The second kappa shape index (κ2) is 8.61. The van der Waals surface area contributed by atoms with Gasteiger partial charge in [0.15, 0.2) is 0 Å².